The summed E-state index contributed by atoms with van der Waals surface area (Å²) >= 11 is 1.47. The molecular formula is C30H37N3O5S. The van der Waals surface area contributed by atoms with Crippen LogP contribution in [0.25, 0.3) is 0 Å². The Balaban J connectivity index is 1.76. The van der Waals surface area contributed by atoms with Gasteiger partial charge in [0.2, 0.25) is 5.91 Å². The lowest BCUT2D eigenvalue weighted by Gasteiger charge is -2.33. The molecule has 3 rings (SSSR count). The summed E-state index contributed by atoms with van der Waals surface area (Å²) in [5.74, 6) is 4.85. The molecule has 2 aromatic rings. The molecule has 0 radical (unpaired) electrons. The summed E-state index contributed by atoms with van der Waals surface area (Å²) in [6.07, 6.45) is -1.55. The van der Waals surface area contributed by atoms with Gasteiger partial charge in [-0.1, -0.05) is 67.4 Å². The van der Waals surface area contributed by atoms with Crippen molar-refractivity contribution in [1.82, 2.24) is 15.5 Å². The lowest BCUT2D eigenvalue weighted by molar-refractivity contribution is -0.147. The van der Waals surface area contributed by atoms with E-state index in [1.807, 2.05) is 82.3 Å². The number of nitrogens with one attached hydrogen (secondary N) is 2. The summed E-state index contributed by atoms with van der Waals surface area (Å²) in [4.78, 5) is 40.9. The van der Waals surface area contributed by atoms with Crippen LogP contribution in [-0.4, -0.2) is 63.3 Å². The number of nitrogens with zero attached hydrogens (tertiary/aromatic N) is 1. The fraction of sp³-hybridized carbons (Fsp3) is 0.433. The average Bonchev–Trinajstić information content (AvgIpc) is 3.24. The maximum absolute atomic E-state index is 13.7. The number of hydrogen-bond acceptors (Lipinski definition) is 6. The topological polar surface area (TPSA) is 108 Å². The molecule has 39 heavy (non-hydrogen) atoms. The first-order valence-electron chi connectivity index (χ1n) is 13.0. The number of carbonyl (C=O) groups is 3. The van der Waals surface area contributed by atoms with E-state index in [9.17, 15) is 19.5 Å². The van der Waals surface area contributed by atoms with Crippen LogP contribution in [0.15, 0.2) is 54.6 Å². The van der Waals surface area contributed by atoms with E-state index in [2.05, 4.69) is 22.5 Å². The molecule has 3 unspecified atom stereocenters. The van der Waals surface area contributed by atoms with Gasteiger partial charge in [0.15, 0.2) is 12.7 Å². The molecule has 1 saturated heterocycles. The average molecular weight is 552 g/mol. The number of alkyl carbamates (subject to hydrolysis) is 1. The molecule has 1 aliphatic rings. The number of aliphatic hydroxyl groups excluding tert-OH is 1. The number of aliphatic hydroxyl groups is 1. The zero-order valence-corrected chi connectivity index (χ0v) is 23.7. The van der Waals surface area contributed by atoms with Gasteiger partial charge in [-0.15, -0.1) is 17.7 Å². The molecule has 1 fully saturated rings. The number of thioether (sulfide) groups is 1. The summed E-state index contributed by atoms with van der Waals surface area (Å²) in [5, 5.41) is 16.8. The molecule has 0 aromatic heterocycles. The maximum atomic E-state index is 13.7. The van der Waals surface area contributed by atoms with Crippen LogP contribution in [0.1, 0.15) is 43.9 Å². The Hall–Kier alpha value is -3.48. The summed E-state index contributed by atoms with van der Waals surface area (Å²) in [6.45, 7) is 7.91. The number of ether oxygens (including phenoxy) is 1. The minimum Gasteiger partial charge on any atom is -0.436 e. The molecule has 1 aliphatic heterocycles. The van der Waals surface area contributed by atoms with Crippen molar-refractivity contribution in [2.75, 3.05) is 12.5 Å². The van der Waals surface area contributed by atoms with Gasteiger partial charge in [0, 0.05) is 17.7 Å². The van der Waals surface area contributed by atoms with Crippen molar-refractivity contribution in [1.29, 1.82) is 0 Å². The Labute approximate surface area is 234 Å². The SMILES string of the molecule is CCC#CCOC(=O)NC(Cc1ccccc1)C(O)C(=O)N1CSC(C)(C)C1C(=O)NCc1ccccc1C. The molecule has 208 valence electrons. The van der Waals surface area contributed by atoms with Crippen molar-refractivity contribution >= 4 is 29.7 Å². The number of aryl methyl sites for hydroxylation is 1. The van der Waals surface area contributed by atoms with Gasteiger partial charge in [-0.2, -0.15) is 0 Å². The second-order valence-electron chi connectivity index (χ2n) is 9.90. The molecule has 3 amide bonds. The Morgan fingerprint density at radius 3 is 2.51 bits per heavy atom. The van der Waals surface area contributed by atoms with Gasteiger partial charge in [-0.05, 0) is 43.9 Å². The van der Waals surface area contributed by atoms with Crippen LogP contribution in [0, 0.1) is 18.8 Å². The molecule has 3 atom stereocenters. The van der Waals surface area contributed by atoms with Gasteiger partial charge in [0.25, 0.3) is 5.91 Å². The van der Waals surface area contributed by atoms with E-state index in [4.69, 9.17) is 4.74 Å². The predicted octanol–water partition coefficient (Wildman–Crippen LogP) is 3.40. The molecule has 0 spiro atoms. The Kier molecular flexibility index (Phi) is 10.8. The predicted molar refractivity (Wildman–Crippen MR) is 153 cm³/mol. The van der Waals surface area contributed by atoms with E-state index in [0.717, 1.165) is 16.7 Å². The minimum absolute atomic E-state index is 0.0954. The van der Waals surface area contributed by atoms with E-state index in [1.165, 1.54) is 16.7 Å². The third-order valence-electron chi connectivity index (χ3n) is 6.60. The maximum Gasteiger partial charge on any atom is 0.408 e. The van der Waals surface area contributed by atoms with E-state index in [-0.39, 0.29) is 24.8 Å². The third kappa shape index (κ3) is 8.25. The number of rotatable bonds is 9. The van der Waals surface area contributed by atoms with E-state index in [0.29, 0.717) is 13.0 Å². The lowest BCUT2D eigenvalue weighted by atomic mass is 9.97. The molecule has 0 aliphatic carbocycles. The standard InChI is InChI=1S/C30H37N3O5S/c1-5-6-12-17-38-29(37)32-24(18-22-14-8-7-9-15-22)25(34)28(36)33-20-39-30(3,4)26(33)27(35)31-19-23-16-11-10-13-21(23)2/h7-11,13-16,24-26,34H,5,17-20H2,1-4H3,(H,31,35)(H,32,37). The van der Waals surface area contributed by atoms with Crippen LogP contribution >= 0.6 is 11.8 Å². The summed E-state index contributed by atoms with van der Waals surface area (Å²) in [6, 6.07) is 15.2. The lowest BCUT2D eigenvalue weighted by Crippen LogP contribution is -2.58. The van der Waals surface area contributed by atoms with Crippen LogP contribution in [0.5, 0.6) is 0 Å². The number of amides is 3. The van der Waals surface area contributed by atoms with Crippen molar-refractivity contribution in [3.8, 4) is 11.8 Å². The molecule has 0 saturated carbocycles. The van der Waals surface area contributed by atoms with Gasteiger partial charge in [-0.25, -0.2) is 4.79 Å². The van der Waals surface area contributed by atoms with Crippen LogP contribution in [-0.2, 0) is 27.3 Å². The fourth-order valence-corrected chi connectivity index (χ4v) is 5.56. The quantitative estimate of drug-likeness (QED) is 0.413. The smallest absolute Gasteiger partial charge is 0.408 e. The molecule has 2 aromatic carbocycles. The highest BCUT2D eigenvalue weighted by Crippen LogP contribution is 2.40. The van der Waals surface area contributed by atoms with Crippen LogP contribution < -0.4 is 10.6 Å². The number of hydrogen-bond donors (Lipinski definition) is 3. The summed E-state index contributed by atoms with van der Waals surface area (Å²) < 4.78 is 4.54. The Bertz CT molecular complexity index is 1210. The van der Waals surface area contributed by atoms with Gasteiger partial charge < -0.3 is 25.4 Å². The van der Waals surface area contributed by atoms with E-state index < -0.39 is 34.9 Å². The Morgan fingerprint density at radius 1 is 1.13 bits per heavy atom. The van der Waals surface area contributed by atoms with Crippen LogP contribution in [0.4, 0.5) is 4.79 Å². The van der Waals surface area contributed by atoms with Crippen molar-refractivity contribution in [3.05, 3.63) is 71.3 Å². The van der Waals surface area contributed by atoms with Crippen molar-refractivity contribution in [3.63, 3.8) is 0 Å². The molecular weight excluding hydrogens is 514 g/mol. The highest BCUT2D eigenvalue weighted by atomic mass is 32.2. The molecule has 8 nitrogen and oxygen atoms in total. The monoisotopic (exact) mass is 551 g/mol. The first kappa shape index (κ1) is 30.1. The second-order valence-corrected chi connectivity index (χ2v) is 11.5. The molecule has 3 N–H and O–H groups in total. The third-order valence-corrected chi connectivity index (χ3v) is 7.98. The van der Waals surface area contributed by atoms with Crippen molar-refractivity contribution < 1.29 is 24.2 Å². The Morgan fingerprint density at radius 2 is 1.82 bits per heavy atom. The normalized spacial score (nSPS) is 17.4. The highest BCUT2D eigenvalue weighted by Gasteiger charge is 2.49. The van der Waals surface area contributed by atoms with E-state index in [1.54, 1.807) is 0 Å². The first-order chi connectivity index (χ1) is 18.6. The largest absolute Gasteiger partial charge is 0.436 e. The van der Waals surface area contributed by atoms with Crippen molar-refractivity contribution in [2.24, 2.45) is 0 Å². The fourth-order valence-electron chi connectivity index (χ4n) is 4.42. The van der Waals surface area contributed by atoms with E-state index >= 15 is 0 Å². The van der Waals surface area contributed by atoms with Gasteiger partial charge >= 0.3 is 6.09 Å². The van der Waals surface area contributed by atoms with Gasteiger partial charge in [0.05, 0.1) is 11.9 Å². The molecule has 0 bridgehead atoms. The zero-order valence-electron chi connectivity index (χ0n) is 22.9. The van der Waals surface area contributed by atoms with Crippen LogP contribution in [0.2, 0.25) is 0 Å². The minimum atomic E-state index is -1.60. The number of carbonyl (C=O) groups excluding carboxylic acids is 3. The molecule has 1 heterocycles. The van der Waals surface area contributed by atoms with Gasteiger partial charge in [0.1, 0.15) is 6.04 Å². The highest BCUT2D eigenvalue weighted by molar-refractivity contribution is 8.00. The van der Waals surface area contributed by atoms with Gasteiger partial charge in [-0.3, -0.25) is 9.59 Å². The summed E-state index contributed by atoms with van der Waals surface area (Å²) in [5.41, 5.74) is 2.87. The second kappa shape index (κ2) is 14.1. The summed E-state index contributed by atoms with van der Waals surface area (Å²) in [7, 11) is 0. The first-order valence-corrected chi connectivity index (χ1v) is 14.0. The molecule has 9 heteroatoms. The van der Waals surface area contributed by atoms with Crippen molar-refractivity contribution in [2.45, 2.75) is 70.0 Å². The zero-order chi connectivity index (χ0) is 28.4. The number of benzene rings is 2. The van der Waals surface area contributed by atoms with Crippen LogP contribution in [0.3, 0.4) is 0 Å².